The highest BCUT2D eigenvalue weighted by molar-refractivity contribution is 4.71. The normalized spacial score (nSPS) is 25.5. The second-order valence-electron chi connectivity index (χ2n) is 11.0. The molecule has 2 aliphatic heterocycles. The van der Waals surface area contributed by atoms with E-state index in [4.69, 9.17) is 0 Å². The number of hydrogen-bond acceptors (Lipinski definition) is 4. The zero-order valence-corrected chi connectivity index (χ0v) is 20.3. The summed E-state index contributed by atoms with van der Waals surface area (Å²) in [7, 11) is 18.6. The predicted molar refractivity (Wildman–Crippen MR) is 119 cm³/mol. The molecule has 0 aromatic heterocycles. The monoisotopic (exact) mass is 398 g/mol. The van der Waals surface area contributed by atoms with Gasteiger partial charge in [0.15, 0.2) is 12.3 Å². The number of quaternary nitrogens is 2. The first-order chi connectivity index (χ1) is 13.0. The van der Waals surface area contributed by atoms with Gasteiger partial charge < -0.3 is 8.97 Å². The highest BCUT2D eigenvalue weighted by atomic mass is 15.7. The van der Waals surface area contributed by atoms with Gasteiger partial charge in [-0.2, -0.15) is 10.0 Å². The maximum Gasteiger partial charge on any atom is 0.157 e. The molecule has 0 spiro atoms. The number of rotatable bonds is 11. The Hall–Kier alpha value is -0.240. The largest absolute Gasteiger partial charge is 0.315 e. The second kappa shape index (κ2) is 10.2. The standard InChI is InChI=1S/C22H50N6/c1-23(25-19-13-15-21(25)27(3,4)5)17-11-9-10-12-18-24(2)26-20-14-16-22(26)28(6,7)8/h21-22H,9-20H2,1-8H3/q+2. The summed E-state index contributed by atoms with van der Waals surface area (Å²) in [6.45, 7) is 4.85. The van der Waals surface area contributed by atoms with Gasteiger partial charge >= 0.3 is 0 Å². The molecule has 6 heteroatoms. The van der Waals surface area contributed by atoms with Crippen molar-refractivity contribution in [1.29, 1.82) is 0 Å². The Morgan fingerprint density at radius 3 is 1.32 bits per heavy atom. The van der Waals surface area contributed by atoms with E-state index in [2.05, 4.69) is 76.4 Å². The summed E-state index contributed by atoms with van der Waals surface area (Å²) in [5.41, 5.74) is 0. The summed E-state index contributed by atoms with van der Waals surface area (Å²) in [5.74, 6) is 0. The molecule has 2 atom stereocenters. The Balaban J connectivity index is 1.62. The zero-order valence-electron chi connectivity index (χ0n) is 20.3. The third-order valence-electron chi connectivity index (χ3n) is 6.77. The van der Waals surface area contributed by atoms with Gasteiger partial charge in [0, 0.05) is 53.1 Å². The van der Waals surface area contributed by atoms with Gasteiger partial charge in [0.25, 0.3) is 0 Å². The van der Waals surface area contributed by atoms with E-state index in [1.807, 2.05) is 0 Å². The van der Waals surface area contributed by atoms with Gasteiger partial charge in [0.2, 0.25) is 0 Å². The lowest BCUT2D eigenvalue weighted by Crippen LogP contribution is -2.57. The van der Waals surface area contributed by atoms with Crippen LogP contribution in [0.3, 0.4) is 0 Å². The van der Waals surface area contributed by atoms with Crippen LogP contribution in [0.15, 0.2) is 0 Å². The quantitative estimate of drug-likeness (QED) is 0.392. The summed E-state index contributed by atoms with van der Waals surface area (Å²) in [6, 6.07) is 0. The van der Waals surface area contributed by atoms with Crippen LogP contribution in [0.2, 0.25) is 0 Å². The maximum atomic E-state index is 2.62. The summed E-state index contributed by atoms with van der Waals surface area (Å²) in [6.07, 6.45) is 11.9. The molecule has 0 N–H and O–H groups in total. The molecule has 2 heterocycles. The van der Waals surface area contributed by atoms with Gasteiger partial charge in [-0.15, -0.1) is 0 Å². The van der Waals surface area contributed by atoms with E-state index in [0.29, 0.717) is 12.3 Å². The van der Waals surface area contributed by atoms with E-state index in [0.717, 1.165) is 8.97 Å². The average molecular weight is 399 g/mol. The first kappa shape index (κ1) is 24.0. The maximum absolute atomic E-state index is 2.62. The van der Waals surface area contributed by atoms with Crippen LogP contribution >= 0.6 is 0 Å². The Morgan fingerprint density at radius 2 is 1.00 bits per heavy atom. The predicted octanol–water partition coefficient (Wildman–Crippen LogP) is 2.50. The molecule has 0 radical (unpaired) electrons. The van der Waals surface area contributed by atoms with Gasteiger partial charge in [0.1, 0.15) is 0 Å². The Labute approximate surface area is 175 Å². The van der Waals surface area contributed by atoms with Crippen molar-refractivity contribution in [3.05, 3.63) is 0 Å². The topological polar surface area (TPSA) is 13.0 Å². The number of nitrogens with zero attached hydrogens (tertiary/aromatic N) is 6. The van der Waals surface area contributed by atoms with Crippen molar-refractivity contribution in [2.24, 2.45) is 0 Å². The van der Waals surface area contributed by atoms with Gasteiger partial charge in [-0.05, 0) is 25.7 Å². The lowest BCUT2D eigenvalue weighted by molar-refractivity contribution is -0.909. The molecular weight excluding hydrogens is 348 g/mol. The molecular formula is C22H50N6+2. The molecule has 2 saturated heterocycles. The lowest BCUT2D eigenvalue weighted by Gasteiger charge is -2.41. The van der Waals surface area contributed by atoms with Gasteiger partial charge in [-0.25, -0.2) is 10.0 Å². The van der Waals surface area contributed by atoms with Crippen molar-refractivity contribution in [3.8, 4) is 0 Å². The van der Waals surface area contributed by atoms with E-state index in [1.165, 1.54) is 77.5 Å². The molecule has 166 valence electrons. The Kier molecular flexibility index (Phi) is 8.74. The molecule has 2 aliphatic rings. The molecule has 6 nitrogen and oxygen atoms in total. The Morgan fingerprint density at radius 1 is 0.643 bits per heavy atom. The van der Waals surface area contributed by atoms with E-state index in [9.17, 15) is 0 Å². The van der Waals surface area contributed by atoms with Crippen molar-refractivity contribution >= 4 is 0 Å². The van der Waals surface area contributed by atoms with Crippen molar-refractivity contribution in [2.45, 2.75) is 63.7 Å². The SMILES string of the molecule is CN(CCCCCCN(C)N1CCCC1[N+](C)(C)C)N1CCCC1[N+](C)(C)C. The summed E-state index contributed by atoms with van der Waals surface area (Å²) < 4.78 is 2.09. The minimum atomic E-state index is 0.647. The molecule has 2 rings (SSSR count). The molecule has 0 aliphatic carbocycles. The van der Waals surface area contributed by atoms with Crippen LogP contribution in [0.1, 0.15) is 51.4 Å². The molecule has 2 unspecified atom stereocenters. The fourth-order valence-electron chi connectivity index (χ4n) is 5.13. The highest BCUT2D eigenvalue weighted by Crippen LogP contribution is 2.25. The molecule has 28 heavy (non-hydrogen) atoms. The fraction of sp³-hybridized carbons (Fsp3) is 1.00. The van der Waals surface area contributed by atoms with E-state index in [-0.39, 0.29) is 0 Å². The van der Waals surface area contributed by atoms with Crippen LogP contribution in [0.4, 0.5) is 0 Å². The summed E-state index contributed by atoms with van der Waals surface area (Å²) in [4.78, 5) is 0. The average Bonchev–Trinajstić information content (AvgIpc) is 3.25. The summed E-state index contributed by atoms with van der Waals surface area (Å²) in [5, 5.41) is 10.2. The molecule has 0 saturated carbocycles. The van der Waals surface area contributed by atoms with E-state index in [1.54, 1.807) is 0 Å². The molecule has 0 bridgehead atoms. The molecule has 2 fully saturated rings. The van der Waals surface area contributed by atoms with E-state index >= 15 is 0 Å². The van der Waals surface area contributed by atoms with Crippen LogP contribution < -0.4 is 0 Å². The van der Waals surface area contributed by atoms with Crippen LogP contribution in [-0.4, -0.2) is 124 Å². The molecule has 0 aromatic carbocycles. The van der Waals surface area contributed by atoms with Crippen LogP contribution in [0.5, 0.6) is 0 Å². The van der Waals surface area contributed by atoms with Crippen molar-refractivity contribution in [1.82, 2.24) is 20.0 Å². The first-order valence-electron chi connectivity index (χ1n) is 11.6. The minimum absolute atomic E-state index is 0.647. The molecule has 0 amide bonds. The van der Waals surface area contributed by atoms with Crippen LogP contribution in [-0.2, 0) is 0 Å². The Bertz CT molecular complexity index is 413. The van der Waals surface area contributed by atoms with Gasteiger partial charge in [-0.1, -0.05) is 12.8 Å². The van der Waals surface area contributed by atoms with Crippen molar-refractivity contribution < 1.29 is 8.97 Å². The zero-order chi connectivity index (χ0) is 20.9. The van der Waals surface area contributed by atoms with Crippen molar-refractivity contribution in [3.63, 3.8) is 0 Å². The third-order valence-corrected chi connectivity index (χ3v) is 6.77. The van der Waals surface area contributed by atoms with Gasteiger partial charge in [0.05, 0.1) is 42.3 Å². The number of hydrazine groups is 2. The first-order valence-corrected chi connectivity index (χ1v) is 11.6. The second-order valence-corrected chi connectivity index (χ2v) is 11.0. The fourth-order valence-corrected chi connectivity index (χ4v) is 5.13. The minimum Gasteiger partial charge on any atom is -0.315 e. The smallest absolute Gasteiger partial charge is 0.157 e. The number of hydrogen-bond donors (Lipinski definition) is 0. The molecule has 0 aromatic rings. The highest BCUT2D eigenvalue weighted by Gasteiger charge is 2.37. The third kappa shape index (κ3) is 6.64. The van der Waals surface area contributed by atoms with Gasteiger partial charge in [-0.3, -0.25) is 0 Å². The van der Waals surface area contributed by atoms with E-state index < -0.39 is 0 Å². The summed E-state index contributed by atoms with van der Waals surface area (Å²) >= 11 is 0. The number of unbranched alkanes of at least 4 members (excludes halogenated alkanes) is 3. The van der Waals surface area contributed by atoms with Crippen molar-refractivity contribution in [2.75, 3.05) is 82.6 Å². The van der Waals surface area contributed by atoms with Crippen LogP contribution in [0, 0.1) is 0 Å². The van der Waals surface area contributed by atoms with Crippen LogP contribution in [0.25, 0.3) is 0 Å². The lowest BCUT2D eigenvalue weighted by atomic mass is 10.2.